The first-order chi connectivity index (χ1) is 10.1. The molecule has 0 radical (unpaired) electrons. The Morgan fingerprint density at radius 2 is 1.76 bits per heavy atom. The molecular formula is C17H14O4. The topological polar surface area (TPSA) is 66.8 Å². The number of rotatable bonds is 3. The minimum atomic E-state index is -1.21. The SMILES string of the molecule is CC(C(=O)O)=C(O)Oc1ccc2c(c1)-c1ccccc1C2. The second-order valence-electron chi connectivity index (χ2n) is 4.99. The van der Waals surface area contributed by atoms with Crippen LogP contribution in [0.4, 0.5) is 0 Å². The summed E-state index contributed by atoms with van der Waals surface area (Å²) in [6, 6.07) is 13.6. The molecule has 0 heterocycles. The zero-order chi connectivity index (χ0) is 15.0. The largest absolute Gasteiger partial charge is 0.480 e. The van der Waals surface area contributed by atoms with Crippen LogP contribution in [0.15, 0.2) is 54.0 Å². The maximum Gasteiger partial charge on any atom is 0.338 e. The average molecular weight is 282 g/mol. The van der Waals surface area contributed by atoms with Gasteiger partial charge < -0.3 is 14.9 Å². The molecule has 0 spiro atoms. The van der Waals surface area contributed by atoms with Crippen LogP contribution in [0.5, 0.6) is 5.75 Å². The Labute approximate surface area is 121 Å². The van der Waals surface area contributed by atoms with Crippen LogP contribution < -0.4 is 4.74 Å². The third-order valence-electron chi connectivity index (χ3n) is 3.63. The number of carboxylic acids is 1. The van der Waals surface area contributed by atoms with Gasteiger partial charge in [0.1, 0.15) is 11.3 Å². The molecule has 0 amide bonds. The number of hydrogen-bond donors (Lipinski definition) is 2. The van der Waals surface area contributed by atoms with Gasteiger partial charge in [0.15, 0.2) is 0 Å². The van der Waals surface area contributed by atoms with Crippen molar-refractivity contribution >= 4 is 5.97 Å². The highest BCUT2D eigenvalue weighted by Crippen LogP contribution is 2.38. The zero-order valence-electron chi connectivity index (χ0n) is 11.5. The number of carboxylic acid groups (broad SMARTS) is 1. The maximum absolute atomic E-state index is 10.8. The van der Waals surface area contributed by atoms with Gasteiger partial charge in [0, 0.05) is 0 Å². The minimum absolute atomic E-state index is 0.226. The van der Waals surface area contributed by atoms with Crippen LogP contribution in [-0.2, 0) is 11.2 Å². The third kappa shape index (κ3) is 2.36. The molecule has 0 saturated heterocycles. The van der Waals surface area contributed by atoms with Crippen LogP contribution in [-0.4, -0.2) is 16.2 Å². The van der Waals surface area contributed by atoms with Crippen LogP contribution in [0.2, 0.25) is 0 Å². The lowest BCUT2D eigenvalue weighted by atomic mass is 10.1. The normalized spacial score (nSPS) is 13.2. The smallest absolute Gasteiger partial charge is 0.338 e. The van der Waals surface area contributed by atoms with E-state index in [0.717, 1.165) is 17.5 Å². The molecule has 4 nitrogen and oxygen atoms in total. The zero-order valence-corrected chi connectivity index (χ0v) is 11.5. The Bertz CT molecular complexity index is 759. The lowest BCUT2D eigenvalue weighted by molar-refractivity contribution is -0.133. The van der Waals surface area contributed by atoms with Gasteiger partial charge in [0.2, 0.25) is 0 Å². The average Bonchev–Trinajstić information content (AvgIpc) is 2.84. The Morgan fingerprint density at radius 1 is 1.05 bits per heavy atom. The van der Waals surface area contributed by atoms with Crippen molar-refractivity contribution < 1.29 is 19.7 Å². The predicted molar refractivity (Wildman–Crippen MR) is 78.3 cm³/mol. The Balaban J connectivity index is 1.96. The van der Waals surface area contributed by atoms with E-state index in [1.165, 1.54) is 18.1 Å². The fraction of sp³-hybridized carbons (Fsp3) is 0.118. The lowest BCUT2D eigenvalue weighted by Crippen LogP contribution is -2.05. The first-order valence-corrected chi connectivity index (χ1v) is 6.58. The molecule has 2 aromatic rings. The highest BCUT2D eigenvalue weighted by molar-refractivity contribution is 5.86. The number of aliphatic hydroxyl groups is 1. The van der Waals surface area contributed by atoms with Crippen molar-refractivity contribution in [3.63, 3.8) is 0 Å². The van der Waals surface area contributed by atoms with Gasteiger partial charge in [-0.3, -0.25) is 0 Å². The van der Waals surface area contributed by atoms with Crippen molar-refractivity contribution in [2.24, 2.45) is 0 Å². The summed E-state index contributed by atoms with van der Waals surface area (Å²) in [5.41, 5.74) is 4.43. The molecule has 0 aliphatic heterocycles. The number of benzene rings is 2. The molecule has 0 unspecified atom stereocenters. The van der Waals surface area contributed by atoms with Crippen LogP contribution in [0.25, 0.3) is 11.1 Å². The maximum atomic E-state index is 10.8. The number of ether oxygens (including phenoxy) is 1. The fourth-order valence-electron chi connectivity index (χ4n) is 2.45. The van der Waals surface area contributed by atoms with E-state index in [1.54, 1.807) is 6.07 Å². The summed E-state index contributed by atoms with van der Waals surface area (Å²) in [5.74, 6) is -1.38. The van der Waals surface area contributed by atoms with Gasteiger partial charge in [-0.1, -0.05) is 30.3 Å². The van der Waals surface area contributed by atoms with Gasteiger partial charge in [0.25, 0.3) is 5.95 Å². The summed E-state index contributed by atoms with van der Waals surface area (Å²) in [6.45, 7) is 1.29. The number of carbonyl (C=O) groups is 1. The predicted octanol–water partition coefficient (Wildman–Crippen LogP) is 3.51. The van der Waals surface area contributed by atoms with Gasteiger partial charge in [-0.2, -0.15) is 0 Å². The molecule has 4 heteroatoms. The van der Waals surface area contributed by atoms with Crippen molar-refractivity contribution in [1.82, 2.24) is 0 Å². The molecule has 0 aromatic heterocycles. The third-order valence-corrected chi connectivity index (χ3v) is 3.63. The number of aliphatic hydroxyl groups excluding tert-OH is 1. The van der Waals surface area contributed by atoms with E-state index in [-0.39, 0.29) is 5.57 Å². The number of hydrogen-bond acceptors (Lipinski definition) is 3. The van der Waals surface area contributed by atoms with E-state index in [0.29, 0.717) is 5.75 Å². The van der Waals surface area contributed by atoms with E-state index in [1.807, 2.05) is 30.3 Å². The van der Waals surface area contributed by atoms with Crippen molar-refractivity contribution in [2.75, 3.05) is 0 Å². The first kappa shape index (κ1) is 13.2. The summed E-state index contributed by atoms with van der Waals surface area (Å²) in [6.07, 6.45) is 0.877. The van der Waals surface area contributed by atoms with Crippen molar-refractivity contribution in [2.45, 2.75) is 13.3 Å². The molecular weight excluding hydrogens is 268 g/mol. The van der Waals surface area contributed by atoms with Crippen molar-refractivity contribution in [3.8, 4) is 16.9 Å². The van der Waals surface area contributed by atoms with E-state index in [2.05, 4.69) is 6.07 Å². The molecule has 0 atom stereocenters. The van der Waals surface area contributed by atoms with E-state index in [4.69, 9.17) is 9.84 Å². The van der Waals surface area contributed by atoms with E-state index >= 15 is 0 Å². The Morgan fingerprint density at radius 3 is 2.52 bits per heavy atom. The van der Waals surface area contributed by atoms with Gasteiger partial charge >= 0.3 is 5.97 Å². The molecule has 1 aliphatic carbocycles. The minimum Gasteiger partial charge on any atom is -0.480 e. The number of aliphatic carboxylic acids is 1. The second kappa shape index (κ2) is 4.98. The van der Waals surface area contributed by atoms with Crippen LogP contribution in [0, 0.1) is 0 Å². The highest BCUT2D eigenvalue weighted by atomic mass is 16.6. The molecule has 21 heavy (non-hydrogen) atoms. The monoisotopic (exact) mass is 282 g/mol. The quantitative estimate of drug-likeness (QED) is 0.570. The molecule has 0 saturated carbocycles. The van der Waals surface area contributed by atoms with Gasteiger partial charge in [-0.25, -0.2) is 4.79 Å². The molecule has 2 aromatic carbocycles. The standard InChI is InChI=1S/C17H14O4/c1-10(16(18)19)17(20)21-13-7-6-12-8-11-4-2-3-5-14(11)15(12)9-13/h2-7,9,20H,8H2,1H3,(H,18,19). The summed E-state index contributed by atoms with van der Waals surface area (Å²) in [4.78, 5) is 10.8. The van der Waals surface area contributed by atoms with E-state index in [9.17, 15) is 9.90 Å². The molecule has 0 fully saturated rings. The highest BCUT2D eigenvalue weighted by Gasteiger charge is 2.19. The van der Waals surface area contributed by atoms with Crippen molar-refractivity contribution in [1.29, 1.82) is 0 Å². The van der Waals surface area contributed by atoms with Gasteiger partial charge in [-0.05, 0) is 47.7 Å². The number of fused-ring (bicyclic) bond motifs is 3. The van der Waals surface area contributed by atoms with Crippen molar-refractivity contribution in [3.05, 3.63) is 65.1 Å². The summed E-state index contributed by atoms with van der Waals surface area (Å²) >= 11 is 0. The van der Waals surface area contributed by atoms with Crippen LogP contribution in [0.1, 0.15) is 18.1 Å². The van der Waals surface area contributed by atoms with E-state index < -0.39 is 11.9 Å². The molecule has 106 valence electrons. The summed E-state index contributed by atoms with van der Waals surface area (Å²) < 4.78 is 5.23. The van der Waals surface area contributed by atoms with Gasteiger partial charge in [0.05, 0.1) is 0 Å². The van der Waals surface area contributed by atoms with Gasteiger partial charge in [-0.15, -0.1) is 0 Å². The Kier molecular flexibility index (Phi) is 3.14. The second-order valence-corrected chi connectivity index (χ2v) is 4.99. The molecule has 2 N–H and O–H groups in total. The van der Waals surface area contributed by atoms with Crippen LogP contribution in [0.3, 0.4) is 0 Å². The fourth-order valence-corrected chi connectivity index (χ4v) is 2.45. The summed E-state index contributed by atoms with van der Waals surface area (Å²) in [5, 5.41) is 18.5. The molecule has 1 aliphatic rings. The molecule has 0 bridgehead atoms. The Hall–Kier alpha value is -2.75. The summed E-state index contributed by atoms with van der Waals surface area (Å²) in [7, 11) is 0. The first-order valence-electron chi connectivity index (χ1n) is 6.58. The molecule has 3 rings (SSSR count). The van der Waals surface area contributed by atoms with Crippen LogP contribution >= 0.6 is 0 Å². The lowest BCUT2D eigenvalue weighted by Gasteiger charge is -2.08.